The van der Waals surface area contributed by atoms with Crippen LogP contribution in [0.5, 0.6) is 0 Å². The van der Waals surface area contributed by atoms with Crippen molar-refractivity contribution >= 4 is 23.2 Å². The molecule has 0 bridgehead atoms. The Bertz CT molecular complexity index is 770. The summed E-state index contributed by atoms with van der Waals surface area (Å²) >= 11 is 1.57. The molecule has 1 amide bonds. The maximum atomic E-state index is 12.3. The van der Waals surface area contributed by atoms with Gasteiger partial charge in [0, 0.05) is 41.7 Å². The lowest BCUT2D eigenvalue weighted by Gasteiger charge is -2.28. The van der Waals surface area contributed by atoms with Crippen molar-refractivity contribution in [1.82, 2.24) is 10.3 Å². The average molecular weight is 355 g/mol. The van der Waals surface area contributed by atoms with Gasteiger partial charge in [-0.2, -0.15) is 0 Å². The van der Waals surface area contributed by atoms with Crippen LogP contribution >= 0.6 is 11.3 Å². The summed E-state index contributed by atoms with van der Waals surface area (Å²) in [7, 11) is 0. The number of benzene rings is 1. The molecule has 0 unspecified atom stereocenters. The van der Waals surface area contributed by atoms with E-state index in [1.165, 1.54) is 0 Å². The number of amides is 1. The number of rotatable bonds is 6. The summed E-state index contributed by atoms with van der Waals surface area (Å²) in [6.07, 6.45) is 5.07. The molecule has 1 N–H and O–H groups in total. The number of hydrogen-bond acceptors (Lipinski definition) is 5. The molecule has 2 aromatic rings. The fraction of sp³-hybridized carbons (Fsp3) is 0.316. The van der Waals surface area contributed by atoms with Gasteiger partial charge in [0.1, 0.15) is 5.01 Å². The Labute approximate surface area is 150 Å². The first kappa shape index (κ1) is 17.4. The van der Waals surface area contributed by atoms with Gasteiger partial charge in [0.15, 0.2) is 0 Å². The topological polar surface area (TPSA) is 82.1 Å². The van der Waals surface area contributed by atoms with Crippen molar-refractivity contribution in [2.24, 2.45) is 11.8 Å². The smallest absolute Gasteiger partial charge is 0.224 e. The molecule has 1 aromatic carbocycles. The monoisotopic (exact) mass is 355 g/mol. The molecule has 0 spiro atoms. The van der Waals surface area contributed by atoms with Crippen LogP contribution in [-0.4, -0.2) is 23.4 Å². The number of hydrogen-bond donors (Lipinski definition) is 1. The molecular weight excluding hydrogens is 336 g/mol. The molecule has 25 heavy (non-hydrogen) atoms. The summed E-state index contributed by atoms with van der Waals surface area (Å²) < 4.78 is 0. The number of carboxylic acids is 1. The zero-order valence-electron chi connectivity index (χ0n) is 13.7. The van der Waals surface area contributed by atoms with E-state index in [4.69, 9.17) is 0 Å². The molecule has 6 heteroatoms. The van der Waals surface area contributed by atoms with Crippen LogP contribution in [0.4, 0.5) is 0 Å². The van der Waals surface area contributed by atoms with Crippen LogP contribution in [0.3, 0.4) is 0 Å². The average Bonchev–Trinajstić information content (AvgIpc) is 3.11. The quantitative estimate of drug-likeness (QED) is 0.801. The van der Waals surface area contributed by atoms with Crippen molar-refractivity contribution < 1.29 is 14.7 Å². The van der Waals surface area contributed by atoms with E-state index in [0.717, 1.165) is 16.3 Å². The normalized spacial score (nSPS) is 19.5. The molecule has 1 aromatic heterocycles. The molecule has 0 fully saturated rings. The van der Waals surface area contributed by atoms with Crippen LogP contribution in [0.25, 0.3) is 10.6 Å². The Morgan fingerprint density at radius 3 is 2.60 bits per heavy atom. The van der Waals surface area contributed by atoms with Gasteiger partial charge in [0.05, 0.1) is 5.69 Å². The van der Waals surface area contributed by atoms with Crippen LogP contribution in [0, 0.1) is 11.8 Å². The number of carboxylic acid groups (broad SMARTS) is 1. The summed E-state index contributed by atoms with van der Waals surface area (Å²) in [6, 6.07) is 9.95. The number of carbonyl (C=O) groups is 2. The van der Waals surface area contributed by atoms with E-state index < -0.39 is 17.8 Å². The van der Waals surface area contributed by atoms with Gasteiger partial charge in [-0.1, -0.05) is 42.5 Å². The van der Waals surface area contributed by atoms with Crippen LogP contribution in [-0.2, 0) is 16.0 Å². The lowest BCUT2D eigenvalue weighted by molar-refractivity contribution is -0.313. The number of allylic oxidation sites excluding steroid dienone is 2. The first-order chi connectivity index (χ1) is 12.1. The molecule has 1 aliphatic rings. The second kappa shape index (κ2) is 8.07. The second-order valence-electron chi connectivity index (χ2n) is 6.03. The Kier molecular flexibility index (Phi) is 5.60. The fourth-order valence-electron chi connectivity index (χ4n) is 2.94. The van der Waals surface area contributed by atoms with Crippen LogP contribution in [0.1, 0.15) is 18.5 Å². The van der Waals surface area contributed by atoms with Gasteiger partial charge in [-0.25, -0.2) is 4.98 Å². The third kappa shape index (κ3) is 4.33. The van der Waals surface area contributed by atoms with E-state index in [-0.39, 0.29) is 5.91 Å². The molecule has 5 nitrogen and oxygen atoms in total. The van der Waals surface area contributed by atoms with E-state index in [2.05, 4.69) is 10.3 Å². The molecule has 0 aliphatic heterocycles. The zero-order chi connectivity index (χ0) is 17.6. The van der Waals surface area contributed by atoms with Crippen LogP contribution < -0.4 is 10.4 Å². The molecule has 130 valence electrons. The number of nitrogens with one attached hydrogen (secondary N) is 1. The van der Waals surface area contributed by atoms with E-state index in [1.54, 1.807) is 17.4 Å². The number of aromatic nitrogens is 1. The van der Waals surface area contributed by atoms with Gasteiger partial charge in [-0.15, -0.1) is 11.3 Å². The fourth-order valence-corrected chi connectivity index (χ4v) is 3.80. The van der Waals surface area contributed by atoms with Gasteiger partial charge in [-0.3, -0.25) is 4.79 Å². The maximum Gasteiger partial charge on any atom is 0.224 e. The van der Waals surface area contributed by atoms with E-state index in [9.17, 15) is 14.7 Å². The predicted octanol–water partition coefficient (Wildman–Crippen LogP) is 1.80. The third-order valence-corrected chi connectivity index (χ3v) is 5.26. The molecule has 0 saturated carbocycles. The highest BCUT2D eigenvalue weighted by Crippen LogP contribution is 2.26. The van der Waals surface area contributed by atoms with Crippen LogP contribution in [0.15, 0.2) is 47.9 Å². The Morgan fingerprint density at radius 2 is 1.88 bits per heavy atom. The first-order valence-corrected chi connectivity index (χ1v) is 9.16. The molecule has 0 radical (unpaired) electrons. The highest BCUT2D eigenvalue weighted by Gasteiger charge is 2.29. The minimum absolute atomic E-state index is 0.225. The molecule has 1 aliphatic carbocycles. The SMILES string of the molecule is O=C([O-])[C@@H]1CC=CC[C@H]1C(=O)NCCc1csc(-c2ccccc2)n1. The largest absolute Gasteiger partial charge is 0.550 e. The lowest BCUT2D eigenvalue weighted by atomic mass is 9.82. The van der Waals surface area contributed by atoms with Crippen molar-refractivity contribution in [3.63, 3.8) is 0 Å². The summed E-state index contributed by atoms with van der Waals surface area (Å²) in [5, 5.41) is 16.9. The van der Waals surface area contributed by atoms with Crippen molar-refractivity contribution in [1.29, 1.82) is 0 Å². The number of aliphatic carboxylic acids is 1. The van der Waals surface area contributed by atoms with Crippen molar-refractivity contribution in [2.75, 3.05) is 6.54 Å². The Morgan fingerprint density at radius 1 is 1.16 bits per heavy atom. The van der Waals surface area contributed by atoms with E-state index in [0.29, 0.717) is 25.8 Å². The van der Waals surface area contributed by atoms with Gasteiger partial charge >= 0.3 is 0 Å². The second-order valence-corrected chi connectivity index (χ2v) is 6.88. The highest BCUT2D eigenvalue weighted by molar-refractivity contribution is 7.13. The van der Waals surface area contributed by atoms with Crippen molar-refractivity contribution in [2.45, 2.75) is 19.3 Å². The maximum absolute atomic E-state index is 12.3. The molecule has 1 heterocycles. The van der Waals surface area contributed by atoms with Gasteiger partial charge in [-0.05, 0) is 12.8 Å². The zero-order valence-corrected chi connectivity index (χ0v) is 14.5. The lowest BCUT2D eigenvalue weighted by Crippen LogP contribution is -2.44. The molecular formula is C19H19N2O3S-. The Balaban J connectivity index is 1.53. The minimum Gasteiger partial charge on any atom is -0.550 e. The van der Waals surface area contributed by atoms with Gasteiger partial charge in [0.2, 0.25) is 5.91 Å². The molecule has 0 saturated heterocycles. The minimum atomic E-state index is -1.16. The van der Waals surface area contributed by atoms with Gasteiger partial charge < -0.3 is 15.2 Å². The molecule has 2 atom stereocenters. The first-order valence-electron chi connectivity index (χ1n) is 8.28. The van der Waals surface area contributed by atoms with Crippen molar-refractivity contribution in [3.8, 4) is 10.6 Å². The highest BCUT2D eigenvalue weighted by atomic mass is 32.1. The Hall–Kier alpha value is -2.47. The summed E-state index contributed by atoms with van der Waals surface area (Å²) in [4.78, 5) is 28.0. The van der Waals surface area contributed by atoms with E-state index in [1.807, 2.05) is 41.8 Å². The third-order valence-electron chi connectivity index (χ3n) is 4.32. The summed E-state index contributed by atoms with van der Waals surface area (Å²) in [5.74, 6) is -2.67. The standard InChI is InChI=1S/C19H20N2O3S/c22-17(15-8-4-5-9-16(15)19(23)24)20-11-10-14-12-25-18(21-14)13-6-2-1-3-7-13/h1-7,12,15-16H,8-11H2,(H,20,22)(H,23,24)/p-1/t15-,16-/m1/s1. The number of thiazole rings is 1. The van der Waals surface area contributed by atoms with Crippen molar-refractivity contribution in [3.05, 3.63) is 53.6 Å². The van der Waals surface area contributed by atoms with Gasteiger partial charge in [0.25, 0.3) is 0 Å². The predicted molar refractivity (Wildman–Crippen MR) is 94.6 cm³/mol. The van der Waals surface area contributed by atoms with E-state index >= 15 is 0 Å². The van der Waals surface area contributed by atoms with Crippen LogP contribution in [0.2, 0.25) is 0 Å². The summed E-state index contributed by atoms with van der Waals surface area (Å²) in [6.45, 7) is 0.441. The number of nitrogens with zero attached hydrogens (tertiary/aromatic N) is 1. The summed E-state index contributed by atoms with van der Waals surface area (Å²) in [5.41, 5.74) is 2.00. The number of carbonyl (C=O) groups excluding carboxylic acids is 2. The molecule has 3 rings (SSSR count).